The van der Waals surface area contributed by atoms with Gasteiger partial charge in [-0.15, -0.1) is 0 Å². The van der Waals surface area contributed by atoms with Gasteiger partial charge in [0.1, 0.15) is 0 Å². The van der Waals surface area contributed by atoms with Crippen molar-refractivity contribution in [2.45, 2.75) is 64.7 Å². The lowest BCUT2D eigenvalue weighted by Gasteiger charge is -2.19. The molecule has 0 bridgehead atoms. The van der Waals surface area contributed by atoms with Crippen LogP contribution < -0.4 is 5.32 Å². The average Bonchev–Trinajstić information content (AvgIpc) is 3.42. The first kappa shape index (κ1) is 24.3. The monoisotopic (exact) mass is 455 g/mol. The lowest BCUT2D eigenvalue weighted by molar-refractivity contribution is 0.519. The molecule has 1 aromatic carbocycles. The summed E-state index contributed by atoms with van der Waals surface area (Å²) in [5, 5.41) is 3.66. The molecule has 180 valence electrons. The summed E-state index contributed by atoms with van der Waals surface area (Å²) in [5.74, 6) is 0.763. The largest absolute Gasteiger partial charge is 0.383 e. The molecule has 3 aliphatic rings. The third kappa shape index (κ3) is 5.63. The molecule has 4 rings (SSSR count). The summed E-state index contributed by atoms with van der Waals surface area (Å²) >= 11 is 0. The maximum absolute atomic E-state index is 5.19. The van der Waals surface area contributed by atoms with Crippen molar-refractivity contribution in [3.63, 3.8) is 0 Å². The second kappa shape index (κ2) is 10.2. The van der Waals surface area contributed by atoms with Crippen molar-refractivity contribution in [3.8, 4) is 0 Å². The van der Waals surface area contributed by atoms with E-state index in [1.807, 2.05) is 0 Å². The molecule has 0 aromatic heterocycles. The first-order valence-corrected chi connectivity index (χ1v) is 12.8. The number of hydrogen-bond acceptors (Lipinski definition) is 3. The highest BCUT2D eigenvalue weighted by Crippen LogP contribution is 2.36. The van der Waals surface area contributed by atoms with E-state index in [0.29, 0.717) is 0 Å². The summed E-state index contributed by atoms with van der Waals surface area (Å²) in [5.41, 5.74) is 9.69. The summed E-state index contributed by atoms with van der Waals surface area (Å²) < 4.78 is 0. The lowest BCUT2D eigenvalue weighted by atomic mass is 9.86. The van der Waals surface area contributed by atoms with E-state index < -0.39 is 0 Å². The van der Waals surface area contributed by atoms with Crippen LogP contribution in [0.3, 0.4) is 0 Å². The third-order valence-electron chi connectivity index (χ3n) is 7.29. The van der Waals surface area contributed by atoms with Crippen molar-refractivity contribution < 1.29 is 0 Å². The van der Waals surface area contributed by atoms with Gasteiger partial charge < -0.3 is 10.2 Å². The topological polar surface area (TPSA) is 27.6 Å². The second-order valence-electron chi connectivity index (χ2n) is 11.2. The number of aliphatic imine (C=N–C) groups is 1. The molecule has 0 unspecified atom stereocenters. The Bertz CT molecular complexity index is 1060. The quantitative estimate of drug-likeness (QED) is 0.477. The highest BCUT2D eigenvalue weighted by Gasteiger charge is 2.25. The van der Waals surface area contributed by atoms with Crippen molar-refractivity contribution in [2.75, 3.05) is 20.6 Å². The molecule has 1 fully saturated rings. The van der Waals surface area contributed by atoms with Crippen LogP contribution in [0.25, 0.3) is 0 Å². The van der Waals surface area contributed by atoms with Crippen molar-refractivity contribution in [1.82, 2.24) is 10.2 Å². The van der Waals surface area contributed by atoms with Gasteiger partial charge in [0.05, 0.1) is 17.1 Å². The van der Waals surface area contributed by atoms with E-state index in [1.54, 1.807) is 0 Å². The average molecular weight is 456 g/mol. The Balaban J connectivity index is 1.63. The van der Waals surface area contributed by atoms with E-state index in [0.717, 1.165) is 42.4 Å². The smallest absolute Gasteiger partial charge is 0.0897 e. The van der Waals surface area contributed by atoms with Crippen LogP contribution in [-0.4, -0.2) is 31.3 Å². The molecular weight excluding hydrogens is 414 g/mol. The van der Waals surface area contributed by atoms with E-state index in [2.05, 4.69) is 100 Å². The van der Waals surface area contributed by atoms with Gasteiger partial charge in [0.15, 0.2) is 0 Å². The maximum atomic E-state index is 5.19. The van der Waals surface area contributed by atoms with Crippen molar-refractivity contribution in [2.24, 2.45) is 10.9 Å². The van der Waals surface area contributed by atoms with Gasteiger partial charge in [-0.05, 0) is 65.0 Å². The zero-order valence-electron chi connectivity index (χ0n) is 21.7. The van der Waals surface area contributed by atoms with Crippen LogP contribution in [0.2, 0.25) is 0 Å². The standard InChI is InChI=1S/C31H41N3/c1-22(32-21-23-11-7-8-12-23)30-28(25-13-9-10-14-27(19-25)34(5)6)20-29(33-30)24-15-17-26(18-16-24)31(2,3)4/h9-10,14-19,23,32H,1,7-8,11-13,20-21H2,2-6H3. The van der Waals surface area contributed by atoms with Crippen LogP contribution in [0.1, 0.15) is 70.4 Å². The van der Waals surface area contributed by atoms with Gasteiger partial charge in [-0.3, -0.25) is 4.99 Å². The van der Waals surface area contributed by atoms with E-state index in [9.17, 15) is 0 Å². The first-order valence-electron chi connectivity index (χ1n) is 12.8. The van der Waals surface area contributed by atoms with Gasteiger partial charge in [0.2, 0.25) is 0 Å². The van der Waals surface area contributed by atoms with Gasteiger partial charge in [-0.2, -0.15) is 0 Å². The molecule has 2 aliphatic carbocycles. The van der Waals surface area contributed by atoms with Crippen molar-refractivity contribution in [1.29, 1.82) is 0 Å². The van der Waals surface area contributed by atoms with Gasteiger partial charge >= 0.3 is 0 Å². The molecule has 3 nitrogen and oxygen atoms in total. The van der Waals surface area contributed by atoms with Crippen LogP contribution in [0.4, 0.5) is 0 Å². The summed E-state index contributed by atoms with van der Waals surface area (Å²) in [6, 6.07) is 8.98. The predicted octanol–water partition coefficient (Wildman–Crippen LogP) is 7.06. The van der Waals surface area contributed by atoms with Crippen LogP contribution >= 0.6 is 0 Å². The van der Waals surface area contributed by atoms with E-state index >= 15 is 0 Å². The van der Waals surface area contributed by atoms with E-state index in [1.165, 1.54) is 53.7 Å². The fraction of sp³-hybridized carbons (Fsp3) is 0.452. The molecule has 1 aromatic rings. The fourth-order valence-corrected chi connectivity index (χ4v) is 5.04. The van der Waals surface area contributed by atoms with Crippen molar-refractivity contribution >= 4 is 5.71 Å². The van der Waals surface area contributed by atoms with Gasteiger partial charge in [0.25, 0.3) is 0 Å². The SMILES string of the molecule is C=C(NCC1CCCC1)C1=C(C2=CC(N(C)C)=CC=CC2)CC(c2ccc(C(C)(C)C)cc2)=N1. The Morgan fingerprint density at radius 2 is 1.82 bits per heavy atom. The van der Waals surface area contributed by atoms with Gasteiger partial charge in [-0.25, -0.2) is 0 Å². The third-order valence-corrected chi connectivity index (χ3v) is 7.29. The Labute approximate surface area is 206 Å². The van der Waals surface area contributed by atoms with Crippen LogP contribution in [0.15, 0.2) is 88.4 Å². The van der Waals surface area contributed by atoms with Gasteiger partial charge in [0, 0.05) is 32.8 Å². The van der Waals surface area contributed by atoms with Crippen molar-refractivity contribution in [3.05, 3.63) is 94.5 Å². The molecule has 1 N–H and O–H groups in total. The highest BCUT2D eigenvalue weighted by molar-refractivity contribution is 6.05. The van der Waals surface area contributed by atoms with E-state index in [4.69, 9.17) is 4.99 Å². The van der Waals surface area contributed by atoms with Crippen LogP contribution in [0.5, 0.6) is 0 Å². The van der Waals surface area contributed by atoms with Crippen LogP contribution in [-0.2, 0) is 5.41 Å². The zero-order chi connectivity index (χ0) is 24.3. The lowest BCUT2D eigenvalue weighted by Crippen LogP contribution is -2.21. The minimum atomic E-state index is 0.148. The Hall–Kier alpha value is -2.81. The molecule has 1 saturated carbocycles. The molecule has 0 spiro atoms. The number of benzene rings is 1. The number of likely N-dealkylation sites (N-methyl/N-ethyl adjacent to an activating group) is 1. The Kier molecular flexibility index (Phi) is 7.30. The Morgan fingerprint density at radius 1 is 1.12 bits per heavy atom. The highest BCUT2D eigenvalue weighted by atomic mass is 15.1. The summed E-state index contributed by atoms with van der Waals surface area (Å²) in [4.78, 5) is 7.36. The van der Waals surface area contributed by atoms with Gasteiger partial charge in [-0.1, -0.05) is 76.6 Å². The molecule has 0 atom stereocenters. The number of rotatable bonds is 7. The molecule has 0 saturated heterocycles. The Morgan fingerprint density at radius 3 is 2.47 bits per heavy atom. The van der Waals surface area contributed by atoms with E-state index in [-0.39, 0.29) is 5.41 Å². The van der Waals surface area contributed by atoms with Crippen LogP contribution in [0, 0.1) is 5.92 Å². The number of allylic oxidation sites excluding steroid dienone is 6. The molecular formula is C31H41N3. The molecule has 1 heterocycles. The minimum absolute atomic E-state index is 0.148. The number of nitrogens with zero attached hydrogens (tertiary/aromatic N) is 2. The number of hydrogen-bond donors (Lipinski definition) is 1. The normalized spacial score (nSPS) is 19.0. The zero-order valence-corrected chi connectivity index (χ0v) is 21.7. The summed E-state index contributed by atoms with van der Waals surface area (Å²) in [6.45, 7) is 12.2. The summed E-state index contributed by atoms with van der Waals surface area (Å²) in [7, 11) is 4.20. The molecule has 0 amide bonds. The molecule has 0 radical (unpaired) electrons. The maximum Gasteiger partial charge on any atom is 0.0897 e. The first-order chi connectivity index (χ1) is 16.2. The fourth-order valence-electron chi connectivity index (χ4n) is 5.04. The molecule has 34 heavy (non-hydrogen) atoms. The second-order valence-corrected chi connectivity index (χ2v) is 11.2. The minimum Gasteiger partial charge on any atom is -0.383 e. The summed E-state index contributed by atoms with van der Waals surface area (Å²) in [6.07, 6.45) is 16.0. The number of nitrogens with one attached hydrogen (secondary N) is 1. The predicted molar refractivity (Wildman–Crippen MR) is 146 cm³/mol. The molecule has 1 aliphatic heterocycles. The molecule has 3 heteroatoms.